The lowest BCUT2D eigenvalue weighted by Crippen LogP contribution is -2.24. The molecular formula is C17H18Cl2N2O. The zero-order valence-electron chi connectivity index (χ0n) is 12.3. The Labute approximate surface area is 140 Å². The molecule has 2 aromatic rings. The van der Waals surface area contributed by atoms with Crippen LogP contribution in [0.25, 0.3) is 0 Å². The van der Waals surface area contributed by atoms with E-state index in [-0.39, 0.29) is 5.91 Å². The Hall–Kier alpha value is -1.71. The van der Waals surface area contributed by atoms with Gasteiger partial charge in [-0.1, -0.05) is 53.0 Å². The molecule has 2 aromatic carbocycles. The van der Waals surface area contributed by atoms with Gasteiger partial charge in [0.2, 0.25) is 5.91 Å². The van der Waals surface area contributed by atoms with Gasteiger partial charge < -0.3 is 10.6 Å². The largest absolute Gasteiger partial charge is 0.383 e. The molecule has 0 atom stereocenters. The Bertz CT molecular complexity index is 659. The zero-order chi connectivity index (χ0) is 15.9. The molecule has 0 bridgehead atoms. The van der Waals surface area contributed by atoms with Gasteiger partial charge in [0.25, 0.3) is 0 Å². The lowest BCUT2D eigenvalue weighted by Gasteiger charge is -2.09. The molecule has 0 aliphatic rings. The molecule has 0 aliphatic carbocycles. The summed E-state index contributed by atoms with van der Waals surface area (Å²) in [6, 6.07) is 13.3. The number of halogens is 2. The minimum atomic E-state index is -0.00726. The third-order valence-corrected chi connectivity index (χ3v) is 3.73. The minimum absolute atomic E-state index is 0.00726. The standard InChI is InChI=1S/C17H18Cl2N2O/c1-12-3-2-4-13(9-12)11-21-17(22)7-8-20-16-10-14(18)5-6-15(16)19/h2-6,9-10,20H,7-8,11H2,1H3,(H,21,22). The number of anilines is 1. The summed E-state index contributed by atoms with van der Waals surface area (Å²) in [5.74, 6) is -0.00726. The summed E-state index contributed by atoms with van der Waals surface area (Å²) in [6.45, 7) is 3.07. The van der Waals surface area contributed by atoms with Crippen LogP contribution in [0.3, 0.4) is 0 Å². The van der Waals surface area contributed by atoms with Crippen molar-refractivity contribution in [3.05, 3.63) is 63.6 Å². The average molecular weight is 337 g/mol. The molecule has 0 unspecified atom stereocenters. The first-order chi connectivity index (χ1) is 10.5. The van der Waals surface area contributed by atoms with Gasteiger partial charge in [-0.2, -0.15) is 0 Å². The van der Waals surface area contributed by atoms with Crippen molar-refractivity contribution in [2.24, 2.45) is 0 Å². The molecular weight excluding hydrogens is 319 g/mol. The van der Waals surface area contributed by atoms with Crippen molar-refractivity contribution in [2.75, 3.05) is 11.9 Å². The topological polar surface area (TPSA) is 41.1 Å². The zero-order valence-corrected chi connectivity index (χ0v) is 13.8. The second kappa shape index (κ2) is 8.06. The first-order valence-electron chi connectivity index (χ1n) is 7.06. The maximum absolute atomic E-state index is 11.8. The van der Waals surface area contributed by atoms with Crippen LogP contribution in [0.1, 0.15) is 17.5 Å². The molecule has 0 heterocycles. The molecule has 0 aromatic heterocycles. The SMILES string of the molecule is Cc1cccc(CNC(=O)CCNc2cc(Cl)ccc2Cl)c1. The molecule has 3 nitrogen and oxygen atoms in total. The highest BCUT2D eigenvalue weighted by molar-refractivity contribution is 6.35. The highest BCUT2D eigenvalue weighted by atomic mass is 35.5. The summed E-state index contributed by atoms with van der Waals surface area (Å²) in [7, 11) is 0. The van der Waals surface area contributed by atoms with Gasteiger partial charge in [0.1, 0.15) is 0 Å². The average Bonchev–Trinajstić information content (AvgIpc) is 2.49. The van der Waals surface area contributed by atoms with Crippen LogP contribution in [0.15, 0.2) is 42.5 Å². The number of carbonyl (C=O) groups excluding carboxylic acids is 1. The fourth-order valence-corrected chi connectivity index (χ4v) is 2.41. The molecule has 1 amide bonds. The van der Waals surface area contributed by atoms with Crippen molar-refractivity contribution in [1.82, 2.24) is 5.32 Å². The molecule has 0 aliphatic heterocycles. The summed E-state index contributed by atoms with van der Waals surface area (Å²) >= 11 is 12.0. The number of rotatable bonds is 6. The summed E-state index contributed by atoms with van der Waals surface area (Å²) in [5.41, 5.74) is 3.02. The van der Waals surface area contributed by atoms with E-state index in [9.17, 15) is 4.79 Å². The molecule has 0 spiro atoms. The summed E-state index contributed by atoms with van der Waals surface area (Å²) < 4.78 is 0. The lowest BCUT2D eigenvalue weighted by atomic mass is 10.1. The molecule has 0 fully saturated rings. The van der Waals surface area contributed by atoms with E-state index in [0.717, 1.165) is 11.3 Å². The summed E-state index contributed by atoms with van der Waals surface area (Å²) in [5, 5.41) is 7.21. The second-order valence-corrected chi connectivity index (χ2v) is 5.91. The molecule has 2 N–H and O–H groups in total. The van der Waals surface area contributed by atoms with Gasteiger partial charge in [-0.15, -0.1) is 0 Å². The van der Waals surface area contributed by atoms with E-state index in [1.165, 1.54) is 5.56 Å². The normalized spacial score (nSPS) is 10.3. The monoisotopic (exact) mass is 336 g/mol. The van der Waals surface area contributed by atoms with E-state index in [1.807, 2.05) is 25.1 Å². The Kier molecular flexibility index (Phi) is 6.10. The summed E-state index contributed by atoms with van der Waals surface area (Å²) in [6.07, 6.45) is 0.370. The van der Waals surface area contributed by atoms with Crippen LogP contribution < -0.4 is 10.6 Å². The molecule has 116 valence electrons. The van der Waals surface area contributed by atoms with Crippen LogP contribution in [0.5, 0.6) is 0 Å². The number of nitrogens with one attached hydrogen (secondary N) is 2. The third-order valence-electron chi connectivity index (χ3n) is 3.17. The van der Waals surface area contributed by atoms with Crippen LogP contribution in [0.2, 0.25) is 10.0 Å². The van der Waals surface area contributed by atoms with Gasteiger partial charge in [-0.05, 0) is 30.7 Å². The number of amides is 1. The fraction of sp³-hybridized carbons (Fsp3) is 0.235. The molecule has 5 heteroatoms. The first kappa shape index (κ1) is 16.7. The smallest absolute Gasteiger partial charge is 0.222 e. The molecule has 0 saturated carbocycles. The van der Waals surface area contributed by atoms with Crippen molar-refractivity contribution < 1.29 is 4.79 Å². The van der Waals surface area contributed by atoms with Crippen LogP contribution in [0.4, 0.5) is 5.69 Å². The van der Waals surface area contributed by atoms with Crippen molar-refractivity contribution in [1.29, 1.82) is 0 Å². The van der Waals surface area contributed by atoms with E-state index in [2.05, 4.69) is 16.7 Å². The number of carbonyl (C=O) groups is 1. The fourth-order valence-electron chi connectivity index (χ4n) is 2.05. The molecule has 2 rings (SSSR count). The number of benzene rings is 2. The molecule has 0 saturated heterocycles. The van der Waals surface area contributed by atoms with Gasteiger partial charge >= 0.3 is 0 Å². The Morgan fingerprint density at radius 2 is 1.95 bits per heavy atom. The number of aryl methyl sites for hydroxylation is 1. The number of hydrogen-bond acceptors (Lipinski definition) is 2. The Balaban J connectivity index is 1.75. The van der Waals surface area contributed by atoms with E-state index in [4.69, 9.17) is 23.2 Å². The van der Waals surface area contributed by atoms with Gasteiger partial charge in [-0.3, -0.25) is 4.79 Å². The third kappa shape index (κ3) is 5.24. The van der Waals surface area contributed by atoms with Gasteiger partial charge in [0, 0.05) is 24.5 Å². The minimum Gasteiger partial charge on any atom is -0.383 e. The first-order valence-corrected chi connectivity index (χ1v) is 7.81. The maximum Gasteiger partial charge on any atom is 0.222 e. The van der Waals surface area contributed by atoms with Gasteiger partial charge in [-0.25, -0.2) is 0 Å². The van der Waals surface area contributed by atoms with Crippen LogP contribution in [-0.4, -0.2) is 12.5 Å². The maximum atomic E-state index is 11.8. The van der Waals surface area contributed by atoms with E-state index < -0.39 is 0 Å². The van der Waals surface area contributed by atoms with Gasteiger partial charge in [0.05, 0.1) is 10.7 Å². The predicted octanol–water partition coefficient (Wildman–Crippen LogP) is 4.42. The van der Waals surface area contributed by atoms with Gasteiger partial charge in [0.15, 0.2) is 0 Å². The van der Waals surface area contributed by atoms with Crippen molar-refractivity contribution in [3.8, 4) is 0 Å². The number of hydrogen-bond donors (Lipinski definition) is 2. The van der Waals surface area contributed by atoms with Crippen LogP contribution >= 0.6 is 23.2 Å². The molecule has 22 heavy (non-hydrogen) atoms. The van der Waals surface area contributed by atoms with Crippen molar-refractivity contribution in [2.45, 2.75) is 19.9 Å². The second-order valence-electron chi connectivity index (χ2n) is 5.07. The Morgan fingerprint density at radius 1 is 1.14 bits per heavy atom. The van der Waals surface area contributed by atoms with Crippen molar-refractivity contribution in [3.63, 3.8) is 0 Å². The highest BCUT2D eigenvalue weighted by Crippen LogP contribution is 2.25. The lowest BCUT2D eigenvalue weighted by molar-refractivity contribution is -0.121. The van der Waals surface area contributed by atoms with E-state index in [0.29, 0.717) is 29.6 Å². The quantitative estimate of drug-likeness (QED) is 0.819. The van der Waals surface area contributed by atoms with E-state index >= 15 is 0 Å². The summed E-state index contributed by atoms with van der Waals surface area (Å²) in [4.78, 5) is 11.8. The van der Waals surface area contributed by atoms with Crippen molar-refractivity contribution >= 4 is 34.8 Å². The predicted molar refractivity (Wildman–Crippen MR) is 92.6 cm³/mol. The van der Waals surface area contributed by atoms with Crippen LogP contribution in [-0.2, 0) is 11.3 Å². The molecule has 0 radical (unpaired) electrons. The van der Waals surface area contributed by atoms with E-state index in [1.54, 1.807) is 18.2 Å². The Morgan fingerprint density at radius 3 is 2.73 bits per heavy atom. The van der Waals surface area contributed by atoms with Crippen LogP contribution in [0, 0.1) is 6.92 Å². The highest BCUT2D eigenvalue weighted by Gasteiger charge is 2.04.